The zero-order valence-corrected chi connectivity index (χ0v) is 16.6. The lowest BCUT2D eigenvalue weighted by molar-refractivity contribution is -0.131. The summed E-state index contributed by atoms with van der Waals surface area (Å²) in [6.45, 7) is 0.519. The van der Waals surface area contributed by atoms with Crippen molar-refractivity contribution in [3.8, 4) is 17.1 Å². The number of amides is 2. The van der Waals surface area contributed by atoms with Crippen LogP contribution in [-0.2, 0) is 4.79 Å². The van der Waals surface area contributed by atoms with Crippen LogP contribution in [0, 0.1) is 0 Å². The predicted molar refractivity (Wildman–Crippen MR) is 107 cm³/mol. The second-order valence-corrected chi connectivity index (χ2v) is 7.51. The minimum atomic E-state index is -0.294. The summed E-state index contributed by atoms with van der Waals surface area (Å²) in [7, 11) is 1.59. The van der Waals surface area contributed by atoms with Crippen LogP contribution in [0.4, 0.5) is 0 Å². The summed E-state index contributed by atoms with van der Waals surface area (Å²) in [5.41, 5.74) is 0.726. The van der Waals surface area contributed by atoms with Crippen molar-refractivity contribution in [2.45, 2.75) is 18.9 Å². The van der Waals surface area contributed by atoms with Gasteiger partial charge < -0.3 is 19.5 Å². The fourth-order valence-corrected chi connectivity index (χ4v) is 4.02. The van der Waals surface area contributed by atoms with E-state index >= 15 is 0 Å². The fraction of sp³-hybridized carbons (Fsp3) is 0.300. The predicted octanol–water partition coefficient (Wildman–Crippen LogP) is 2.90. The van der Waals surface area contributed by atoms with Gasteiger partial charge in [-0.15, -0.1) is 11.3 Å². The minimum Gasteiger partial charge on any atom is -0.496 e. The number of thiophene rings is 1. The monoisotopic (exact) mass is 412 g/mol. The van der Waals surface area contributed by atoms with Crippen LogP contribution in [0.1, 0.15) is 34.4 Å². The molecule has 0 saturated carbocycles. The molecule has 1 atom stereocenters. The van der Waals surface area contributed by atoms with Gasteiger partial charge in [0.15, 0.2) is 0 Å². The van der Waals surface area contributed by atoms with Gasteiger partial charge in [-0.25, -0.2) is 0 Å². The van der Waals surface area contributed by atoms with E-state index in [0.717, 1.165) is 18.4 Å². The van der Waals surface area contributed by atoms with Crippen molar-refractivity contribution in [3.05, 3.63) is 52.5 Å². The molecular weight excluding hydrogens is 392 g/mol. The molecule has 3 aromatic rings. The van der Waals surface area contributed by atoms with E-state index in [-0.39, 0.29) is 24.4 Å². The molecule has 4 rings (SSSR count). The molecule has 3 heterocycles. The number of benzene rings is 1. The van der Waals surface area contributed by atoms with Gasteiger partial charge in [-0.3, -0.25) is 9.59 Å². The Kier molecular flexibility index (Phi) is 5.57. The second kappa shape index (κ2) is 8.44. The average Bonchev–Trinajstić information content (AvgIpc) is 3.51. The summed E-state index contributed by atoms with van der Waals surface area (Å²) in [6, 6.07) is 10.6. The molecule has 1 fully saturated rings. The van der Waals surface area contributed by atoms with Crippen molar-refractivity contribution in [3.63, 3.8) is 0 Å². The van der Waals surface area contributed by atoms with Crippen molar-refractivity contribution < 1.29 is 18.8 Å². The molecule has 0 radical (unpaired) electrons. The van der Waals surface area contributed by atoms with Gasteiger partial charge >= 0.3 is 0 Å². The maximum atomic E-state index is 12.7. The highest BCUT2D eigenvalue weighted by Gasteiger charge is 2.34. The highest BCUT2D eigenvalue weighted by molar-refractivity contribution is 7.12. The third-order valence-electron chi connectivity index (χ3n) is 4.79. The number of carbonyl (C=O) groups is 2. The van der Waals surface area contributed by atoms with Crippen LogP contribution in [0.3, 0.4) is 0 Å². The van der Waals surface area contributed by atoms with E-state index in [9.17, 15) is 9.59 Å². The maximum absolute atomic E-state index is 12.7. The van der Waals surface area contributed by atoms with Crippen LogP contribution >= 0.6 is 11.3 Å². The van der Waals surface area contributed by atoms with Gasteiger partial charge in [0.25, 0.3) is 5.91 Å². The molecule has 1 aliphatic rings. The first-order valence-corrected chi connectivity index (χ1v) is 10.1. The van der Waals surface area contributed by atoms with Crippen molar-refractivity contribution in [1.82, 2.24) is 20.4 Å². The van der Waals surface area contributed by atoms with Crippen molar-refractivity contribution in [1.29, 1.82) is 0 Å². The number of likely N-dealkylation sites (tertiary alicyclic amines) is 1. The van der Waals surface area contributed by atoms with Gasteiger partial charge in [-0.2, -0.15) is 4.98 Å². The zero-order valence-electron chi connectivity index (χ0n) is 15.8. The number of carbonyl (C=O) groups excluding carboxylic acids is 2. The normalized spacial score (nSPS) is 16.0. The Morgan fingerprint density at radius 1 is 1.31 bits per heavy atom. The molecule has 1 saturated heterocycles. The Morgan fingerprint density at radius 2 is 2.17 bits per heavy atom. The summed E-state index contributed by atoms with van der Waals surface area (Å²) in [6.07, 6.45) is 1.57. The Labute approximate surface area is 171 Å². The molecule has 1 aliphatic heterocycles. The topological polar surface area (TPSA) is 97.6 Å². The second-order valence-electron chi connectivity index (χ2n) is 6.56. The highest BCUT2D eigenvalue weighted by atomic mass is 32.1. The number of aromatic nitrogens is 2. The summed E-state index contributed by atoms with van der Waals surface area (Å²) in [5, 5.41) is 8.57. The number of rotatable bonds is 6. The average molecular weight is 412 g/mol. The number of nitrogens with one attached hydrogen (secondary N) is 1. The van der Waals surface area contributed by atoms with Gasteiger partial charge in [0.1, 0.15) is 11.8 Å². The molecule has 8 nitrogen and oxygen atoms in total. The van der Waals surface area contributed by atoms with E-state index in [1.165, 1.54) is 11.3 Å². The quantitative estimate of drug-likeness (QED) is 0.669. The third kappa shape index (κ3) is 4.00. The zero-order chi connectivity index (χ0) is 20.2. The number of nitrogens with zero attached hydrogens (tertiary/aromatic N) is 3. The smallest absolute Gasteiger partial charge is 0.261 e. The van der Waals surface area contributed by atoms with E-state index in [1.54, 1.807) is 24.1 Å². The standard InChI is InChI=1S/C20H20N4O4S/c1-27-15-8-3-2-6-13(15)18-22-20(28-23-18)14-7-4-10-24(14)17(25)12-21-19(26)16-9-5-11-29-16/h2-3,5-6,8-9,11,14H,4,7,10,12H2,1H3,(H,21,26)/t14-/m0/s1. The van der Waals surface area contributed by atoms with E-state index in [0.29, 0.717) is 28.9 Å². The number of methoxy groups -OCH3 is 1. The summed E-state index contributed by atoms with van der Waals surface area (Å²) in [4.78, 5) is 31.5. The van der Waals surface area contributed by atoms with E-state index in [4.69, 9.17) is 9.26 Å². The van der Waals surface area contributed by atoms with E-state index in [1.807, 2.05) is 29.6 Å². The van der Waals surface area contributed by atoms with Crippen LogP contribution < -0.4 is 10.1 Å². The van der Waals surface area contributed by atoms with Crippen LogP contribution in [0.15, 0.2) is 46.3 Å². The Balaban J connectivity index is 1.45. The molecule has 2 amide bonds. The van der Waals surface area contributed by atoms with Crippen LogP contribution in [0.5, 0.6) is 5.75 Å². The molecule has 2 aromatic heterocycles. The largest absolute Gasteiger partial charge is 0.496 e. The van der Waals surface area contributed by atoms with Crippen LogP contribution in [0.25, 0.3) is 11.4 Å². The molecular formula is C20H20N4O4S. The number of hydrogen-bond acceptors (Lipinski definition) is 7. The molecule has 9 heteroatoms. The van der Waals surface area contributed by atoms with Gasteiger partial charge in [0.2, 0.25) is 17.6 Å². The molecule has 1 N–H and O–H groups in total. The number of para-hydroxylation sites is 1. The number of ether oxygens (including phenoxy) is 1. The highest BCUT2D eigenvalue weighted by Crippen LogP contribution is 2.33. The molecule has 0 unspecified atom stereocenters. The van der Waals surface area contributed by atoms with Gasteiger partial charge in [-0.05, 0) is 36.4 Å². The Morgan fingerprint density at radius 3 is 2.97 bits per heavy atom. The van der Waals surface area contributed by atoms with Gasteiger partial charge in [0.05, 0.1) is 24.1 Å². The Hall–Kier alpha value is -3.20. The van der Waals surface area contributed by atoms with E-state index < -0.39 is 0 Å². The van der Waals surface area contributed by atoms with Gasteiger partial charge in [-0.1, -0.05) is 23.4 Å². The Bertz CT molecular complexity index is 1000. The van der Waals surface area contributed by atoms with E-state index in [2.05, 4.69) is 15.5 Å². The van der Waals surface area contributed by atoms with Crippen molar-refractivity contribution in [2.75, 3.05) is 20.2 Å². The summed E-state index contributed by atoms with van der Waals surface area (Å²) in [5.74, 6) is 1.04. The van der Waals surface area contributed by atoms with Crippen LogP contribution in [-0.4, -0.2) is 47.1 Å². The van der Waals surface area contributed by atoms with Crippen molar-refractivity contribution >= 4 is 23.2 Å². The molecule has 0 spiro atoms. The lowest BCUT2D eigenvalue weighted by atomic mass is 10.2. The first-order chi connectivity index (χ1) is 14.2. The molecule has 150 valence electrons. The fourth-order valence-electron chi connectivity index (χ4n) is 3.38. The SMILES string of the molecule is COc1ccccc1-c1noc([C@@H]2CCCN2C(=O)CNC(=O)c2cccs2)n1. The van der Waals surface area contributed by atoms with Gasteiger partial charge in [0, 0.05) is 6.54 Å². The van der Waals surface area contributed by atoms with Crippen LogP contribution in [0.2, 0.25) is 0 Å². The molecule has 0 bridgehead atoms. The third-order valence-corrected chi connectivity index (χ3v) is 5.66. The summed E-state index contributed by atoms with van der Waals surface area (Å²) >= 11 is 1.34. The summed E-state index contributed by atoms with van der Waals surface area (Å²) < 4.78 is 10.8. The molecule has 0 aliphatic carbocycles. The minimum absolute atomic E-state index is 0.0687. The number of hydrogen-bond donors (Lipinski definition) is 1. The van der Waals surface area contributed by atoms with Crippen molar-refractivity contribution in [2.24, 2.45) is 0 Å². The first kappa shape index (κ1) is 19.1. The molecule has 29 heavy (non-hydrogen) atoms. The lowest BCUT2D eigenvalue weighted by Crippen LogP contribution is -2.39. The lowest BCUT2D eigenvalue weighted by Gasteiger charge is -2.21. The molecule has 1 aromatic carbocycles. The maximum Gasteiger partial charge on any atom is 0.261 e. The first-order valence-electron chi connectivity index (χ1n) is 9.25.